The minimum atomic E-state index is -1.70. The molecule has 8 unspecified atom stereocenters. The van der Waals surface area contributed by atoms with Crippen LogP contribution in [-0.4, -0.2) is 65.8 Å². The largest absolute Gasteiger partial charge is 0.399 e. The highest BCUT2D eigenvalue weighted by Gasteiger charge is 2.49. The van der Waals surface area contributed by atoms with Gasteiger partial charge in [-0.3, -0.25) is 0 Å². The number of aryl methyl sites for hydroxylation is 1. The van der Waals surface area contributed by atoms with Crippen molar-refractivity contribution in [1.29, 1.82) is 0 Å². The van der Waals surface area contributed by atoms with Crippen LogP contribution in [0.1, 0.15) is 92.7 Å². The number of fused-ring (bicyclic) bond motifs is 1. The van der Waals surface area contributed by atoms with E-state index in [0.717, 1.165) is 16.8 Å². The van der Waals surface area contributed by atoms with E-state index in [0.29, 0.717) is 18.7 Å². The minimum absolute atomic E-state index is 0.0550. The lowest BCUT2D eigenvalue weighted by Gasteiger charge is -2.54. The third kappa shape index (κ3) is 8.50. The second-order valence-electron chi connectivity index (χ2n) is 10.9. The van der Waals surface area contributed by atoms with Gasteiger partial charge in [0, 0.05) is 36.4 Å². The summed E-state index contributed by atoms with van der Waals surface area (Å²) in [7, 11) is 0. The first-order valence-electron chi connectivity index (χ1n) is 13.5. The zero-order valence-electron chi connectivity index (χ0n) is 25.0. The molecule has 0 amide bonds. The smallest absolute Gasteiger partial charge is 0.248 e. The maximum Gasteiger partial charge on any atom is 0.248 e. The first-order valence-corrected chi connectivity index (χ1v) is 13.5. The number of nitrogens with zero attached hydrogens (tertiary/aromatic N) is 1. The third-order valence-electron chi connectivity index (χ3n) is 6.71. The van der Waals surface area contributed by atoms with Crippen LogP contribution in [0, 0.1) is 6.92 Å². The van der Waals surface area contributed by atoms with Gasteiger partial charge in [0.1, 0.15) is 0 Å². The average molecular weight is 543 g/mol. The zero-order valence-corrected chi connectivity index (χ0v) is 25.0. The van der Waals surface area contributed by atoms with Gasteiger partial charge in [-0.1, -0.05) is 0 Å². The van der Waals surface area contributed by atoms with Crippen LogP contribution in [0.2, 0.25) is 0 Å². The highest BCUT2D eigenvalue weighted by atomic mass is 16.8. The molecule has 8 atom stereocenters. The highest BCUT2D eigenvalue weighted by Crippen LogP contribution is 2.49. The third-order valence-corrected chi connectivity index (χ3v) is 6.71. The molecule has 0 radical (unpaired) electrons. The van der Waals surface area contributed by atoms with Gasteiger partial charge in [-0.25, -0.2) is 0 Å². The fourth-order valence-corrected chi connectivity index (χ4v) is 5.43. The van der Waals surface area contributed by atoms with Crippen LogP contribution in [0.4, 0.5) is 11.4 Å². The number of hydrogen-bond donors (Lipinski definition) is 3. The molecular weight excluding hydrogens is 492 g/mol. The minimum Gasteiger partial charge on any atom is -0.399 e. The summed E-state index contributed by atoms with van der Waals surface area (Å²) in [5.41, 5.74) is 9.12. The topological polar surface area (TPSA) is 125 Å². The Hall–Kier alpha value is -1.50. The van der Waals surface area contributed by atoms with Crippen LogP contribution < -0.4 is 10.6 Å². The summed E-state index contributed by atoms with van der Waals surface area (Å²) < 4.78 is 34.5. The van der Waals surface area contributed by atoms with Crippen molar-refractivity contribution in [2.24, 2.45) is 0 Å². The number of rotatable bonds is 14. The normalized spacial score (nSPS) is 23.6. The SMILES string of the molecule is CCOC(C)OC(C)OC(C)(O)N1c2cc(C)c(N)cc2C(C(C)OC(C)OC(C)OC(C)O)CC1(C)C. The Morgan fingerprint density at radius 1 is 1.00 bits per heavy atom. The first-order chi connectivity index (χ1) is 17.5. The standard InChI is InChI=1S/C28H50N2O8/c1-12-33-19(5)36-22(8)38-28(11,32)30-26-13-16(2)25(29)14-23(26)24(15-27(30,9)10)17(3)34-20(6)37-21(7)35-18(4)31/h13-14,17-22,24,31-32H,12,15,29H2,1-11H3. The molecule has 1 heterocycles. The number of aliphatic hydroxyl groups excluding tert-OH is 1. The lowest BCUT2D eigenvalue weighted by molar-refractivity contribution is -0.314. The van der Waals surface area contributed by atoms with Gasteiger partial charge >= 0.3 is 0 Å². The van der Waals surface area contributed by atoms with Gasteiger partial charge in [0.25, 0.3) is 0 Å². The van der Waals surface area contributed by atoms with Crippen LogP contribution in [0.15, 0.2) is 12.1 Å². The lowest BCUT2D eigenvalue weighted by Crippen LogP contribution is -2.62. The van der Waals surface area contributed by atoms with E-state index < -0.39 is 42.9 Å². The second kappa shape index (κ2) is 13.2. The van der Waals surface area contributed by atoms with E-state index in [1.54, 1.807) is 34.6 Å². The van der Waals surface area contributed by atoms with Crippen LogP contribution in [0.5, 0.6) is 0 Å². The molecule has 1 aromatic rings. The summed E-state index contributed by atoms with van der Waals surface area (Å²) in [6.07, 6.45) is -2.99. The molecule has 1 aromatic carbocycles. The zero-order chi connectivity index (χ0) is 29.0. The number of ether oxygens (including phenoxy) is 6. The Morgan fingerprint density at radius 2 is 1.58 bits per heavy atom. The van der Waals surface area contributed by atoms with Crippen LogP contribution in [-0.2, 0) is 28.4 Å². The fourth-order valence-electron chi connectivity index (χ4n) is 5.43. The van der Waals surface area contributed by atoms with Gasteiger partial charge in [0.05, 0.1) is 6.10 Å². The van der Waals surface area contributed by atoms with E-state index in [2.05, 4.69) is 13.8 Å². The summed E-state index contributed by atoms with van der Waals surface area (Å²) in [6.45, 7) is 20.6. The van der Waals surface area contributed by atoms with Gasteiger partial charge in [-0.05, 0) is 98.9 Å². The monoisotopic (exact) mass is 542 g/mol. The predicted molar refractivity (Wildman–Crippen MR) is 146 cm³/mol. The number of nitrogen functional groups attached to an aromatic ring is 1. The van der Waals surface area contributed by atoms with Crippen molar-refractivity contribution in [2.45, 2.75) is 138 Å². The lowest BCUT2D eigenvalue weighted by atomic mass is 9.76. The molecule has 4 N–H and O–H groups in total. The van der Waals surface area contributed by atoms with Crippen LogP contribution >= 0.6 is 0 Å². The number of nitrogens with two attached hydrogens (primary N) is 1. The Kier molecular flexibility index (Phi) is 11.4. The van der Waals surface area contributed by atoms with E-state index in [1.165, 1.54) is 6.92 Å². The van der Waals surface area contributed by atoms with Crippen molar-refractivity contribution in [1.82, 2.24) is 0 Å². The molecule has 0 aliphatic carbocycles. The molecule has 1 aliphatic rings. The summed E-state index contributed by atoms with van der Waals surface area (Å²) in [6, 6.07) is 3.94. The number of benzene rings is 1. The van der Waals surface area contributed by atoms with Gasteiger partial charge in [0.15, 0.2) is 31.5 Å². The first kappa shape index (κ1) is 32.7. The van der Waals surface area contributed by atoms with Crippen molar-refractivity contribution in [2.75, 3.05) is 17.2 Å². The quantitative estimate of drug-likeness (QED) is 0.228. The molecule has 220 valence electrons. The van der Waals surface area contributed by atoms with Crippen LogP contribution in [0.25, 0.3) is 0 Å². The van der Waals surface area contributed by atoms with Gasteiger partial charge < -0.3 is 49.3 Å². The Labute approximate surface area is 228 Å². The van der Waals surface area contributed by atoms with E-state index >= 15 is 0 Å². The summed E-state index contributed by atoms with van der Waals surface area (Å²) >= 11 is 0. The Balaban J connectivity index is 2.36. The molecule has 0 spiro atoms. The molecule has 0 bridgehead atoms. The van der Waals surface area contributed by atoms with Crippen molar-refractivity contribution in [3.8, 4) is 0 Å². The van der Waals surface area contributed by atoms with Crippen LogP contribution in [0.3, 0.4) is 0 Å². The van der Waals surface area contributed by atoms with E-state index in [9.17, 15) is 10.2 Å². The molecule has 38 heavy (non-hydrogen) atoms. The van der Waals surface area contributed by atoms with Gasteiger partial charge in [-0.2, -0.15) is 0 Å². The fraction of sp³-hybridized carbons (Fsp3) is 0.786. The molecule has 2 rings (SSSR count). The van der Waals surface area contributed by atoms with Crippen molar-refractivity contribution in [3.05, 3.63) is 23.3 Å². The van der Waals surface area contributed by atoms with Crippen molar-refractivity contribution < 1.29 is 38.6 Å². The molecule has 0 saturated heterocycles. The molecule has 0 fully saturated rings. The Bertz CT molecular complexity index is 894. The molecule has 1 aliphatic heterocycles. The molecule has 10 heteroatoms. The molecule has 10 nitrogen and oxygen atoms in total. The summed E-state index contributed by atoms with van der Waals surface area (Å²) in [4.78, 5) is 1.88. The maximum atomic E-state index is 11.7. The number of aliphatic hydroxyl groups is 2. The van der Waals surface area contributed by atoms with Gasteiger partial charge in [-0.15, -0.1) is 0 Å². The van der Waals surface area contributed by atoms with E-state index in [1.807, 2.05) is 37.8 Å². The second-order valence-corrected chi connectivity index (χ2v) is 10.9. The molecule has 0 saturated carbocycles. The maximum absolute atomic E-state index is 11.7. The average Bonchev–Trinajstić information content (AvgIpc) is 2.72. The number of anilines is 2. The number of hydrogen-bond acceptors (Lipinski definition) is 10. The molecule has 0 aromatic heterocycles. The van der Waals surface area contributed by atoms with Crippen molar-refractivity contribution in [3.63, 3.8) is 0 Å². The summed E-state index contributed by atoms with van der Waals surface area (Å²) in [5.74, 6) is -1.76. The Morgan fingerprint density at radius 3 is 2.16 bits per heavy atom. The summed E-state index contributed by atoms with van der Waals surface area (Å²) in [5, 5.41) is 21.1. The van der Waals surface area contributed by atoms with Gasteiger partial charge in [0.2, 0.25) is 5.91 Å². The molecular formula is C28H50N2O8. The van der Waals surface area contributed by atoms with E-state index in [-0.39, 0.29) is 12.0 Å². The van der Waals surface area contributed by atoms with E-state index in [4.69, 9.17) is 34.2 Å². The van der Waals surface area contributed by atoms with Crippen molar-refractivity contribution >= 4 is 11.4 Å². The predicted octanol–water partition coefficient (Wildman–Crippen LogP) is 4.55. The highest BCUT2D eigenvalue weighted by molar-refractivity contribution is 5.68.